The molecule has 1 nitrogen and oxygen atoms in total. The van der Waals surface area contributed by atoms with Gasteiger partial charge in [0.2, 0.25) is 0 Å². The fourth-order valence-corrected chi connectivity index (χ4v) is 1.77. The molecular weight excluding hydrogens is 189 g/mol. The molecule has 1 aromatic rings. The Morgan fingerprint density at radius 2 is 2.23 bits per heavy atom. The predicted octanol–water partition coefficient (Wildman–Crippen LogP) is 2.84. The van der Waals surface area contributed by atoms with Gasteiger partial charge in [0.1, 0.15) is 5.82 Å². The third-order valence-electron chi connectivity index (χ3n) is 2.30. The Morgan fingerprint density at radius 3 is 3.00 bits per heavy atom. The van der Waals surface area contributed by atoms with Gasteiger partial charge < -0.3 is 0 Å². The van der Waals surface area contributed by atoms with Gasteiger partial charge in [-0.2, -0.15) is 0 Å². The maximum atomic E-state index is 13.5. The largest absolute Gasteiger partial charge is 0.289 e. The summed E-state index contributed by atoms with van der Waals surface area (Å²) in [4.78, 5) is 4.25. The fourth-order valence-electron chi connectivity index (χ4n) is 1.60. The van der Waals surface area contributed by atoms with Crippen LogP contribution in [-0.2, 0) is 6.42 Å². The van der Waals surface area contributed by atoms with E-state index in [2.05, 4.69) is 4.99 Å². The Morgan fingerprint density at radius 1 is 1.46 bits per heavy atom. The first kappa shape index (κ1) is 8.70. The highest BCUT2D eigenvalue weighted by Gasteiger charge is 2.16. The van der Waals surface area contributed by atoms with E-state index in [4.69, 9.17) is 11.6 Å². The van der Waals surface area contributed by atoms with Crippen LogP contribution in [0.5, 0.6) is 0 Å². The summed E-state index contributed by atoms with van der Waals surface area (Å²) in [5.74, 6) is -0.284. The molecule has 68 valence electrons. The highest BCUT2D eigenvalue weighted by Crippen LogP contribution is 2.25. The number of rotatable bonds is 0. The minimum absolute atomic E-state index is 0.202. The summed E-state index contributed by atoms with van der Waals surface area (Å²) >= 11 is 5.68. The first-order valence-electron chi connectivity index (χ1n) is 4.18. The normalized spacial score (nSPS) is 15.2. The molecule has 0 amide bonds. The van der Waals surface area contributed by atoms with Crippen LogP contribution < -0.4 is 0 Å². The van der Waals surface area contributed by atoms with Gasteiger partial charge in [-0.25, -0.2) is 4.39 Å². The Balaban J connectivity index is 2.65. The molecule has 0 saturated heterocycles. The van der Waals surface area contributed by atoms with Crippen LogP contribution in [-0.4, -0.2) is 12.3 Å². The van der Waals surface area contributed by atoms with E-state index in [0.717, 1.165) is 11.3 Å². The van der Waals surface area contributed by atoms with E-state index in [1.807, 2.05) is 13.0 Å². The zero-order chi connectivity index (χ0) is 9.42. The molecule has 0 aromatic heterocycles. The summed E-state index contributed by atoms with van der Waals surface area (Å²) in [6, 6.07) is 3.42. The first-order chi connectivity index (χ1) is 6.20. The fraction of sp³-hybridized carbons (Fsp3) is 0.300. The van der Waals surface area contributed by atoms with Crippen molar-refractivity contribution in [1.82, 2.24) is 0 Å². The average molecular weight is 198 g/mol. The maximum Gasteiger partial charge on any atom is 0.145 e. The van der Waals surface area contributed by atoms with Crippen LogP contribution >= 0.6 is 11.6 Å². The van der Waals surface area contributed by atoms with Crippen molar-refractivity contribution >= 4 is 17.3 Å². The van der Waals surface area contributed by atoms with Crippen molar-refractivity contribution in [3.8, 4) is 0 Å². The molecule has 2 rings (SSSR count). The minimum atomic E-state index is -0.284. The van der Waals surface area contributed by atoms with Crippen molar-refractivity contribution in [3.63, 3.8) is 0 Å². The topological polar surface area (TPSA) is 12.4 Å². The summed E-state index contributed by atoms with van der Waals surface area (Å²) in [5.41, 5.74) is 2.50. The molecule has 1 aliphatic rings. The molecule has 0 spiro atoms. The van der Waals surface area contributed by atoms with Gasteiger partial charge in [0.15, 0.2) is 0 Å². The Hall–Kier alpha value is -0.890. The molecule has 1 heterocycles. The molecule has 0 aliphatic carbocycles. The Labute approximate surface area is 81.2 Å². The summed E-state index contributed by atoms with van der Waals surface area (Å²) in [6.07, 6.45) is 0.652. The van der Waals surface area contributed by atoms with Gasteiger partial charge in [-0.05, 0) is 19.4 Å². The van der Waals surface area contributed by atoms with E-state index in [0.29, 0.717) is 18.5 Å². The second-order valence-electron chi connectivity index (χ2n) is 3.10. The molecule has 0 bridgehead atoms. The van der Waals surface area contributed by atoms with Gasteiger partial charge in [-0.1, -0.05) is 17.7 Å². The number of hydrogen-bond acceptors (Lipinski definition) is 1. The van der Waals surface area contributed by atoms with E-state index in [-0.39, 0.29) is 10.8 Å². The molecule has 0 atom stereocenters. The monoisotopic (exact) mass is 197 g/mol. The summed E-state index contributed by atoms with van der Waals surface area (Å²) in [6.45, 7) is 2.56. The SMILES string of the molecule is CC1=NCCc2c1ccc(Cl)c2F. The molecule has 0 saturated carbocycles. The zero-order valence-corrected chi connectivity index (χ0v) is 8.03. The van der Waals surface area contributed by atoms with Gasteiger partial charge >= 0.3 is 0 Å². The lowest BCUT2D eigenvalue weighted by molar-refractivity contribution is 0.608. The van der Waals surface area contributed by atoms with Crippen LogP contribution in [0.15, 0.2) is 17.1 Å². The van der Waals surface area contributed by atoms with E-state index in [1.165, 1.54) is 0 Å². The highest BCUT2D eigenvalue weighted by atomic mass is 35.5. The number of nitrogens with zero attached hydrogens (tertiary/aromatic N) is 1. The van der Waals surface area contributed by atoms with Crippen LogP contribution in [0.3, 0.4) is 0 Å². The molecule has 0 unspecified atom stereocenters. The molecule has 13 heavy (non-hydrogen) atoms. The maximum absolute atomic E-state index is 13.5. The lowest BCUT2D eigenvalue weighted by atomic mass is 9.98. The molecule has 0 radical (unpaired) electrons. The summed E-state index contributed by atoms with van der Waals surface area (Å²) in [5, 5.41) is 0.202. The summed E-state index contributed by atoms with van der Waals surface area (Å²) < 4.78 is 13.5. The second kappa shape index (κ2) is 3.11. The lowest BCUT2D eigenvalue weighted by Crippen LogP contribution is -2.11. The van der Waals surface area contributed by atoms with Gasteiger partial charge in [0.05, 0.1) is 5.02 Å². The number of benzene rings is 1. The molecule has 0 fully saturated rings. The Kier molecular flexibility index (Phi) is 2.08. The van der Waals surface area contributed by atoms with Crippen LogP contribution in [0, 0.1) is 5.82 Å². The van der Waals surface area contributed by atoms with Gasteiger partial charge in [0, 0.05) is 23.4 Å². The third-order valence-corrected chi connectivity index (χ3v) is 2.59. The van der Waals surface area contributed by atoms with Crippen molar-refractivity contribution < 1.29 is 4.39 Å². The van der Waals surface area contributed by atoms with Crippen LogP contribution in [0.4, 0.5) is 4.39 Å². The van der Waals surface area contributed by atoms with Gasteiger partial charge in [-0.3, -0.25) is 4.99 Å². The Bertz CT molecular complexity index is 385. The van der Waals surface area contributed by atoms with E-state index < -0.39 is 0 Å². The van der Waals surface area contributed by atoms with Crippen molar-refractivity contribution in [3.05, 3.63) is 34.1 Å². The molecule has 0 N–H and O–H groups in total. The smallest absolute Gasteiger partial charge is 0.145 e. The highest BCUT2D eigenvalue weighted by molar-refractivity contribution is 6.31. The molecule has 1 aliphatic heterocycles. The van der Waals surface area contributed by atoms with E-state index in [1.54, 1.807) is 6.07 Å². The van der Waals surface area contributed by atoms with Gasteiger partial charge in [0.25, 0.3) is 0 Å². The van der Waals surface area contributed by atoms with Crippen molar-refractivity contribution in [1.29, 1.82) is 0 Å². The summed E-state index contributed by atoms with van der Waals surface area (Å²) in [7, 11) is 0. The van der Waals surface area contributed by atoms with E-state index >= 15 is 0 Å². The second-order valence-corrected chi connectivity index (χ2v) is 3.51. The van der Waals surface area contributed by atoms with Crippen LogP contribution in [0.2, 0.25) is 5.02 Å². The van der Waals surface area contributed by atoms with Crippen molar-refractivity contribution in [2.75, 3.05) is 6.54 Å². The zero-order valence-electron chi connectivity index (χ0n) is 7.27. The number of aliphatic imine (C=N–C) groups is 1. The average Bonchev–Trinajstić information content (AvgIpc) is 2.12. The van der Waals surface area contributed by atoms with Crippen LogP contribution in [0.1, 0.15) is 18.1 Å². The molecule has 3 heteroatoms. The standard InChI is InChI=1S/C10H9ClFN/c1-6-7-2-3-9(11)10(12)8(7)4-5-13-6/h2-3H,4-5H2,1H3. The lowest BCUT2D eigenvalue weighted by Gasteiger charge is -2.15. The molecule has 1 aromatic carbocycles. The number of hydrogen-bond donors (Lipinski definition) is 0. The van der Waals surface area contributed by atoms with Gasteiger partial charge in [-0.15, -0.1) is 0 Å². The molecular formula is C10H9ClFN. The number of halogens is 2. The van der Waals surface area contributed by atoms with E-state index in [9.17, 15) is 4.39 Å². The quantitative estimate of drug-likeness (QED) is 0.607. The predicted molar refractivity (Wildman–Crippen MR) is 52.2 cm³/mol. The van der Waals surface area contributed by atoms with Crippen LogP contribution in [0.25, 0.3) is 0 Å². The van der Waals surface area contributed by atoms with Crippen molar-refractivity contribution in [2.24, 2.45) is 4.99 Å². The third kappa shape index (κ3) is 1.35. The van der Waals surface area contributed by atoms with Crippen molar-refractivity contribution in [2.45, 2.75) is 13.3 Å². The first-order valence-corrected chi connectivity index (χ1v) is 4.56. The minimum Gasteiger partial charge on any atom is -0.289 e. The number of fused-ring (bicyclic) bond motifs is 1.